The van der Waals surface area contributed by atoms with Crippen LogP contribution in [0.15, 0.2) is 24.3 Å². The van der Waals surface area contributed by atoms with E-state index in [9.17, 15) is 4.79 Å². The summed E-state index contributed by atoms with van der Waals surface area (Å²) in [4.78, 5) is 15.9. The number of amides is 1. The number of hydrogen-bond donors (Lipinski definition) is 1. The quantitative estimate of drug-likeness (QED) is 0.903. The van der Waals surface area contributed by atoms with Crippen molar-refractivity contribution in [2.45, 2.75) is 38.8 Å². The molecule has 4 nitrogen and oxygen atoms in total. The van der Waals surface area contributed by atoms with Crippen LogP contribution in [0.3, 0.4) is 0 Å². The smallest absolute Gasteiger partial charge is 0.238 e. The largest absolute Gasteiger partial charge is 0.372 e. The van der Waals surface area contributed by atoms with Crippen molar-refractivity contribution in [1.82, 2.24) is 10.2 Å². The van der Waals surface area contributed by atoms with Crippen LogP contribution in [-0.4, -0.2) is 44.0 Å². The summed E-state index contributed by atoms with van der Waals surface area (Å²) in [6, 6.07) is 8.55. The Kier molecular flexibility index (Phi) is 5.62. The first-order valence-electron chi connectivity index (χ1n) is 7.86. The van der Waals surface area contributed by atoms with E-state index < -0.39 is 0 Å². The highest BCUT2D eigenvalue weighted by atomic mass is 16.2. The molecule has 4 heteroatoms. The van der Waals surface area contributed by atoms with Crippen LogP contribution in [0.2, 0.25) is 0 Å². The van der Waals surface area contributed by atoms with Crippen molar-refractivity contribution in [2.24, 2.45) is 0 Å². The standard InChI is InChI=1S/C17H27N3O/c1-14(17(21)19(2)3)18-13-15-7-9-16(10-8-15)20-11-5-4-6-12-20/h7-10,14,18H,4-6,11-13H2,1-3H3. The Bertz CT molecular complexity index is 450. The number of nitrogens with zero attached hydrogens (tertiary/aromatic N) is 2. The second-order valence-corrected chi connectivity index (χ2v) is 6.05. The zero-order valence-corrected chi connectivity index (χ0v) is 13.4. The molecule has 21 heavy (non-hydrogen) atoms. The van der Waals surface area contributed by atoms with E-state index in [1.165, 1.54) is 43.6 Å². The third-order valence-electron chi connectivity index (χ3n) is 4.08. The Morgan fingerprint density at radius 1 is 1.19 bits per heavy atom. The van der Waals surface area contributed by atoms with Crippen molar-refractivity contribution in [3.8, 4) is 0 Å². The Labute approximate surface area is 128 Å². The summed E-state index contributed by atoms with van der Waals surface area (Å²) in [7, 11) is 3.57. The number of likely N-dealkylation sites (N-methyl/N-ethyl adjacent to an activating group) is 1. The van der Waals surface area contributed by atoms with Crippen molar-refractivity contribution in [1.29, 1.82) is 0 Å². The number of hydrogen-bond acceptors (Lipinski definition) is 3. The van der Waals surface area contributed by atoms with Gasteiger partial charge in [-0.05, 0) is 43.9 Å². The lowest BCUT2D eigenvalue weighted by Gasteiger charge is -2.29. The summed E-state index contributed by atoms with van der Waals surface area (Å²) in [6.45, 7) is 4.98. The summed E-state index contributed by atoms with van der Waals surface area (Å²) in [5, 5.41) is 3.27. The maximum atomic E-state index is 11.8. The van der Waals surface area contributed by atoms with E-state index in [2.05, 4.69) is 34.5 Å². The Balaban J connectivity index is 1.86. The fraction of sp³-hybridized carbons (Fsp3) is 0.588. The second-order valence-electron chi connectivity index (χ2n) is 6.05. The van der Waals surface area contributed by atoms with Gasteiger partial charge in [0, 0.05) is 39.4 Å². The van der Waals surface area contributed by atoms with E-state index in [0.717, 1.165) is 6.54 Å². The van der Waals surface area contributed by atoms with Gasteiger partial charge in [-0.3, -0.25) is 4.79 Å². The normalized spacial score (nSPS) is 16.6. The Hall–Kier alpha value is -1.55. The van der Waals surface area contributed by atoms with E-state index in [1.807, 2.05) is 6.92 Å². The van der Waals surface area contributed by atoms with Crippen LogP contribution < -0.4 is 10.2 Å². The lowest BCUT2D eigenvalue weighted by molar-refractivity contribution is -0.130. The lowest BCUT2D eigenvalue weighted by Crippen LogP contribution is -2.41. The van der Waals surface area contributed by atoms with E-state index in [1.54, 1.807) is 19.0 Å². The molecule has 116 valence electrons. The van der Waals surface area contributed by atoms with E-state index >= 15 is 0 Å². The van der Waals surface area contributed by atoms with Gasteiger partial charge in [0.1, 0.15) is 0 Å². The highest BCUT2D eigenvalue weighted by Gasteiger charge is 2.14. The van der Waals surface area contributed by atoms with Gasteiger partial charge in [-0.2, -0.15) is 0 Å². The summed E-state index contributed by atoms with van der Waals surface area (Å²) < 4.78 is 0. The number of carbonyl (C=O) groups is 1. The molecular weight excluding hydrogens is 262 g/mol. The summed E-state index contributed by atoms with van der Waals surface area (Å²) in [5.74, 6) is 0.111. The van der Waals surface area contributed by atoms with Gasteiger partial charge in [-0.25, -0.2) is 0 Å². The number of rotatable bonds is 5. The zero-order chi connectivity index (χ0) is 15.2. The molecule has 1 N–H and O–H groups in total. The van der Waals surface area contributed by atoms with Crippen molar-refractivity contribution in [2.75, 3.05) is 32.1 Å². The average Bonchev–Trinajstić information content (AvgIpc) is 2.53. The molecule has 2 rings (SSSR count). The van der Waals surface area contributed by atoms with Crippen LogP contribution in [0.25, 0.3) is 0 Å². The molecule has 0 saturated carbocycles. The molecule has 1 aromatic carbocycles. The first kappa shape index (κ1) is 15.8. The van der Waals surface area contributed by atoms with Crippen molar-refractivity contribution < 1.29 is 4.79 Å². The minimum atomic E-state index is -0.151. The number of piperidine rings is 1. The van der Waals surface area contributed by atoms with Crippen LogP contribution >= 0.6 is 0 Å². The fourth-order valence-corrected chi connectivity index (χ4v) is 2.72. The maximum absolute atomic E-state index is 11.8. The third kappa shape index (κ3) is 4.46. The van der Waals surface area contributed by atoms with Crippen LogP contribution in [-0.2, 0) is 11.3 Å². The highest BCUT2D eigenvalue weighted by molar-refractivity contribution is 5.80. The van der Waals surface area contributed by atoms with Crippen molar-refractivity contribution in [3.05, 3.63) is 29.8 Å². The number of benzene rings is 1. The molecule has 1 aliphatic rings. The van der Waals surface area contributed by atoms with Gasteiger partial charge in [-0.1, -0.05) is 12.1 Å². The van der Waals surface area contributed by atoms with E-state index in [0.29, 0.717) is 0 Å². The topological polar surface area (TPSA) is 35.6 Å². The van der Waals surface area contributed by atoms with Gasteiger partial charge < -0.3 is 15.1 Å². The van der Waals surface area contributed by atoms with Gasteiger partial charge in [-0.15, -0.1) is 0 Å². The molecule has 0 bridgehead atoms. The number of nitrogens with one attached hydrogen (secondary N) is 1. The second kappa shape index (κ2) is 7.46. The summed E-state index contributed by atoms with van der Waals surface area (Å²) >= 11 is 0. The molecule has 1 aromatic rings. The average molecular weight is 289 g/mol. The van der Waals surface area contributed by atoms with Crippen LogP contribution in [0, 0.1) is 0 Å². The first-order valence-corrected chi connectivity index (χ1v) is 7.86. The molecule has 1 atom stereocenters. The predicted molar refractivity (Wildman–Crippen MR) is 87.5 cm³/mol. The van der Waals surface area contributed by atoms with E-state index in [-0.39, 0.29) is 11.9 Å². The third-order valence-corrected chi connectivity index (χ3v) is 4.08. The summed E-state index contributed by atoms with van der Waals surface area (Å²) in [6.07, 6.45) is 3.96. The van der Waals surface area contributed by atoms with Gasteiger partial charge in [0.05, 0.1) is 6.04 Å². The molecule has 0 aromatic heterocycles. The Morgan fingerprint density at radius 3 is 2.38 bits per heavy atom. The minimum absolute atomic E-state index is 0.111. The highest BCUT2D eigenvalue weighted by Crippen LogP contribution is 2.20. The maximum Gasteiger partial charge on any atom is 0.238 e. The minimum Gasteiger partial charge on any atom is -0.372 e. The molecule has 1 saturated heterocycles. The molecule has 1 unspecified atom stereocenters. The zero-order valence-electron chi connectivity index (χ0n) is 13.4. The molecule has 1 aliphatic heterocycles. The van der Waals surface area contributed by atoms with Gasteiger partial charge in [0.15, 0.2) is 0 Å². The number of carbonyl (C=O) groups excluding carboxylic acids is 1. The summed E-state index contributed by atoms with van der Waals surface area (Å²) in [5.41, 5.74) is 2.53. The van der Waals surface area contributed by atoms with Crippen LogP contribution in [0.5, 0.6) is 0 Å². The van der Waals surface area contributed by atoms with Crippen molar-refractivity contribution in [3.63, 3.8) is 0 Å². The Morgan fingerprint density at radius 2 is 1.81 bits per heavy atom. The van der Waals surface area contributed by atoms with Crippen LogP contribution in [0.1, 0.15) is 31.7 Å². The predicted octanol–water partition coefficient (Wildman–Crippen LogP) is 2.24. The fourth-order valence-electron chi connectivity index (χ4n) is 2.72. The van der Waals surface area contributed by atoms with Crippen molar-refractivity contribution >= 4 is 11.6 Å². The number of anilines is 1. The molecule has 1 fully saturated rings. The molecule has 0 aliphatic carbocycles. The monoisotopic (exact) mass is 289 g/mol. The SMILES string of the molecule is CC(NCc1ccc(N2CCCCC2)cc1)C(=O)N(C)C. The molecule has 0 spiro atoms. The lowest BCUT2D eigenvalue weighted by atomic mass is 10.1. The molecule has 1 heterocycles. The van der Waals surface area contributed by atoms with Gasteiger partial charge in [0.25, 0.3) is 0 Å². The first-order chi connectivity index (χ1) is 10.1. The van der Waals surface area contributed by atoms with E-state index in [4.69, 9.17) is 0 Å². The molecule has 0 radical (unpaired) electrons. The van der Waals surface area contributed by atoms with Gasteiger partial charge >= 0.3 is 0 Å². The van der Waals surface area contributed by atoms with Gasteiger partial charge in [0.2, 0.25) is 5.91 Å². The molecule has 1 amide bonds. The molecular formula is C17H27N3O. The van der Waals surface area contributed by atoms with Crippen LogP contribution in [0.4, 0.5) is 5.69 Å².